The number of para-hydroxylation sites is 1. The Morgan fingerprint density at radius 2 is 1.97 bits per heavy atom. The van der Waals surface area contributed by atoms with Crippen molar-refractivity contribution in [2.75, 3.05) is 13.1 Å². The van der Waals surface area contributed by atoms with Crippen molar-refractivity contribution < 1.29 is 4.79 Å². The third kappa shape index (κ3) is 3.82. The Balaban J connectivity index is 1.56. The largest absolute Gasteiger partial charge is 0.350 e. The van der Waals surface area contributed by atoms with Crippen LogP contribution in [0, 0.1) is 0 Å². The van der Waals surface area contributed by atoms with Gasteiger partial charge in [-0.2, -0.15) is 10.2 Å². The SMILES string of the molecule is CC(C)c1nn(-c2ccccc2)cc1CNC(=O)C1(n2cccn2)CCNCC1. The van der Waals surface area contributed by atoms with E-state index in [4.69, 9.17) is 5.10 Å². The zero-order valence-corrected chi connectivity index (χ0v) is 17.0. The van der Waals surface area contributed by atoms with Crippen molar-refractivity contribution in [2.45, 2.75) is 44.7 Å². The minimum absolute atomic E-state index is 0.0184. The molecule has 1 aliphatic heterocycles. The summed E-state index contributed by atoms with van der Waals surface area (Å²) in [6.45, 7) is 6.31. The fourth-order valence-electron chi connectivity index (χ4n) is 4.02. The fourth-order valence-corrected chi connectivity index (χ4v) is 4.02. The first kappa shape index (κ1) is 19.4. The summed E-state index contributed by atoms with van der Waals surface area (Å²) in [5.74, 6) is 0.288. The van der Waals surface area contributed by atoms with E-state index in [1.165, 1.54) is 0 Å². The van der Waals surface area contributed by atoms with E-state index < -0.39 is 5.54 Å². The van der Waals surface area contributed by atoms with Crippen LogP contribution < -0.4 is 10.6 Å². The molecular weight excluding hydrogens is 364 g/mol. The summed E-state index contributed by atoms with van der Waals surface area (Å²) in [5.41, 5.74) is 2.43. The highest BCUT2D eigenvalue weighted by Gasteiger charge is 2.41. The van der Waals surface area contributed by atoms with Crippen molar-refractivity contribution in [3.63, 3.8) is 0 Å². The van der Waals surface area contributed by atoms with E-state index in [2.05, 4.69) is 29.6 Å². The number of benzene rings is 1. The molecule has 0 spiro atoms. The molecule has 2 aromatic heterocycles. The number of amides is 1. The number of carbonyl (C=O) groups excluding carboxylic acids is 1. The smallest absolute Gasteiger partial charge is 0.248 e. The van der Waals surface area contributed by atoms with Crippen LogP contribution in [0.1, 0.15) is 43.9 Å². The summed E-state index contributed by atoms with van der Waals surface area (Å²) >= 11 is 0. The molecule has 0 radical (unpaired) electrons. The highest BCUT2D eigenvalue weighted by atomic mass is 16.2. The second-order valence-electron chi connectivity index (χ2n) is 7.89. The lowest BCUT2D eigenvalue weighted by Crippen LogP contribution is -2.54. The van der Waals surface area contributed by atoms with Gasteiger partial charge in [0, 0.05) is 30.7 Å². The minimum Gasteiger partial charge on any atom is -0.350 e. The molecule has 7 heteroatoms. The Bertz CT molecular complexity index is 939. The molecule has 0 atom stereocenters. The topological polar surface area (TPSA) is 76.8 Å². The molecule has 4 rings (SSSR count). The molecule has 1 saturated heterocycles. The van der Waals surface area contributed by atoms with Gasteiger partial charge in [-0.05, 0) is 50.0 Å². The first-order valence-electron chi connectivity index (χ1n) is 10.2. The number of carbonyl (C=O) groups is 1. The third-order valence-corrected chi connectivity index (χ3v) is 5.63. The van der Waals surface area contributed by atoms with Crippen LogP contribution >= 0.6 is 0 Å². The van der Waals surface area contributed by atoms with Gasteiger partial charge in [0.1, 0.15) is 5.54 Å². The zero-order valence-electron chi connectivity index (χ0n) is 17.0. The average Bonchev–Trinajstić information content (AvgIpc) is 3.43. The summed E-state index contributed by atoms with van der Waals surface area (Å²) in [4.78, 5) is 13.3. The number of hydrogen-bond acceptors (Lipinski definition) is 4. The third-order valence-electron chi connectivity index (χ3n) is 5.63. The molecule has 2 N–H and O–H groups in total. The number of aromatic nitrogens is 4. The van der Waals surface area contributed by atoms with Crippen LogP contribution in [0.25, 0.3) is 5.69 Å². The molecule has 3 aromatic rings. The van der Waals surface area contributed by atoms with Crippen molar-refractivity contribution >= 4 is 5.91 Å². The molecule has 0 saturated carbocycles. The van der Waals surface area contributed by atoms with Gasteiger partial charge in [0.15, 0.2) is 0 Å². The monoisotopic (exact) mass is 392 g/mol. The molecule has 152 valence electrons. The summed E-state index contributed by atoms with van der Waals surface area (Å²) in [5, 5.41) is 15.7. The van der Waals surface area contributed by atoms with Gasteiger partial charge in [-0.1, -0.05) is 32.0 Å². The van der Waals surface area contributed by atoms with Crippen molar-refractivity contribution in [1.29, 1.82) is 0 Å². The first-order chi connectivity index (χ1) is 14.1. The second-order valence-corrected chi connectivity index (χ2v) is 7.89. The summed E-state index contributed by atoms with van der Waals surface area (Å²) in [6.07, 6.45) is 7.09. The van der Waals surface area contributed by atoms with Crippen LogP contribution in [0.3, 0.4) is 0 Å². The molecule has 0 unspecified atom stereocenters. The summed E-state index contributed by atoms with van der Waals surface area (Å²) in [6, 6.07) is 11.9. The number of rotatable bonds is 6. The van der Waals surface area contributed by atoms with E-state index in [9.17, 15) is 4.79 Å². The van der Waals surface area contributed by atoms with Crippen LogP contribution in [0.4, 0.5) is 0 Å². The predicted molar refractivity (Wildman–Crippen MR) is 112 cm³/mol. The Kier molecular flexibility index (Phi) is 5.49. The van der Waals surface area contributed by atoms with Gasteiger partial charge in [0.05, 0.1) is 11.4 Å². The quantitative estimate of drug-likeness (QED) is 0.676. The van der Waals surface area contributed by atoms with Crippen LogP contribution in [0.2, 0.25) is 0 Å². The molecule has 1 aromatic carbocycles. The van der Waals surface area contributed by atoms with Gasteiger partial charge >= 0.3 is 0 Å². The fraction of sp³-hybridized carbons (Fsp3) is 0.409. The lowest BCUT2D eigenvalue weighted by Gasteiger charge is -2.36. The Morgan fingerprint density at radius 1 is 1.21 bits per heavy atom. The molecule has 0 bridgehead atoms. The van der Waals surface area contributed by atoms with E-state index in [-0.39, 0.29) is 11.8 Å². The van der Waals surface area contributed by atoms with E-state index >= 15 is 0 Å². The Hall–Kier alpha value is -2.93. The van der Waals surface area contributed by atoms with Crippen molar-refractivity contribution in [1.82, 2.24) is 30.2 Å². The van der Waals surface area contributed by atoms with Crippen LogP contribution in [0.15, 0.2) is 55.0 Å². The van der Waals surface area contributed by atoms with Gasteiger partial charge in [-0.25, -0.2) is 4.68 Å². The normalized spacial score (nSPS) is 16.1. The minimum atomic E-state index is -0.637. The molecule has 1 fully saturated rings. The van der Waals surface area contributed by atoms with Crippen LogP contribution in [-0.4, -0.2) is 38.6 Å². The van der Waals surface area contributed by atoms with Gasteiger partial charge in [-0.3, -0.25) is 9.48 Å². The van der Waals surface area contributed by atoms with Crippen LogP contribution in [-0.2, 0) is 16.9 Å². The molecular formula is C22H28N6O. The van der Waals surface area contributed by atoms with Crippen molar-refractivity contribution in [3.8, 4) is 5.69 Å². The van der Waals surface area contributed by atoms with Gasteiger partial charge in [0.25, 0.3) is 0 Å². The zero-order chi connectivity index (χ0) is 20.3. The van der Waals surface area contributed by atoms with E-state index in [1.54, 1.807) is 6.20 Å². The Labute approximate surface area is 171 Å². The van der Waals surface area contributed by atoms with E-state index in [0.717, 1.165) is 42.9 Å². The maximum Gasteiger partial charge on any atom is 0.248 e. The number of nitrogens with zero attached hydrogens (tertiary/aromatic N) is 4. The highest BCUT2D eigenvalue weighted by molar-refractivity contribution is 5.84. The molecule has 1 aliphatic rings. The Morgan fingerprint density at radius 3 is 2.62 bits per heavy atom. The maximum atomic E-state index is 13.3. The number of nitrogens with one attached hydrogen (secondary N) is 2. The van der Waals surface area contributed by atoms with Crippen molar-refractivity contribution in [3.05, 3.63) is 66.2 Å². The van der Waals surface area contributed by atoms with Gasteiger partial charge < -0.3 is 10.6 Å². The number of hydrogen-bond donors (Lipinski definition) is 2. The molecule has 1 amide bonds. The standard InChI is InChI=1S/C22H28N6O/c1-17(2)20-18(16-27(26-20)19-7-4-3-5-8-19)15-24-21(29)22(9-12-23-13-10-22)28-14-6-11-25-28/h3-8,11,14,16-17,23H,9-10,12-13,15H2,1-2H3,(H,24,29). The summed E-state index contributed by atoms with van der Waals surface area (Å²) < 4.78 is 3.71. The first-order valence-corrected chi connectivity index (χ1v) is 10.2. The van der Waals surface area contributed by atoms with Crippen molar-refractivity contribution in [2.24, 2.45) is 0 Å². The van der Waals surface area contributed by atoms with Crippen LogP contribution in [0.5, 0.6) is 0 Å². The number of piperidine rings is 1. The predicted octanol–water partition coefficient (Wildman–Crippen LogP) is 2.59. The van der Waals surface area contributed by atoms with Gasteiger partial charge in [-0.15, -0.1) is 0 Å². The van der Waals surface area contributed by atoms with E-state index in [1.807, 2.05) is 58.2 Å². The average molecular weight is 393 g/mol. The summed E-state index contributed by atoms with van der Waals surface area (Å²) in [7, 11) is 0. The molecule has 29 heavy (non-hydrogen) atoms. The van der Waals surface area contributed by atoms with E-state index in [0.29, 0.717) is 6.54 Å². The van der Waals surface area contributed by atoms with Gasteiger partial charge in [0.2, 0.25) is 5.91 Å². The highest BCUT2D eigenvalue weighted by Crippen LogP contribution is 2.28. The lowest BCUT2D eigenvalue weighted by molar-refractivity contribution is -0.132. The lowest BCUT2D eigenvalue weighted by atomic mass is 9.87. The maximum absolute atomic E-state index is 13.3. The molecule has 3 heterocycles. The second kappa shape index (κ2) is 8.21. The molecule has 0 aliphatic carbocycles. The molecule has 7 nitrogen and oxygen atoms in total.